The van der Waals surface area contributed by atoms with Gasteiger partial charge in [0.2, 0.25) is 0 Å². The lowest BCUT2D eigenvalue weighted by Gasteiger charge is -2.35. The van der Waals surface area contributed by atoms with E-state index >= 15 is 0 Å². The summed E-state index contributed by atoms with van der Waals surface area (Å²) < 4.78 is 5.95. The van der Waals surface area contributed by atoms with Crippen LogP contribution in [0.15, 0.2) is 11.0 Å². The molecule has 5 N–H and O–H groups in total. The van der Waals surface area contributed by atoms with Gasteiger partial charge in [-0.25, -0.2) is 4.98 Å². The summed E-state index contributed by atoms with van der Waals surface area (Å²) >= 11 is 1.47. The lowest BCUT2D eigenvalue weighted by atomic mass is 9.73. The topological polar surface area (TPSA) is 143 Å². The number of hydrogen-bond donors (Lipinski definition) is 4. The molecule has 0 saturated carbocycles. The zero-order chi connectivity index (χ0) is 28.8. The van der Waals surface area contributed by atoms with Crippen LogP contribution in [0.25, 0.3) is 6.08 Å². The van der Waals surface area contributed by atoms with Crippen LogP contribution < -0.4 is 5.73 Å². The van der Waals surface area contributed by atoms with Gasteiger partial charge in [0.15, 0.2) is 0 Å². The maximum Gasteiger partial charge on any atom is 0.309 e. The fourth-order valence-electron chi connectivity index (χ4n) is 5.14. The van der Waals surface area contributed by atoms with Crippen molar-refractivity contribution in [2.24, 2.45) is 28.9 Å². The second-order valence-corrected chi connectivity index (χ2v) is 13.1. The maximum atomic E-state index is 13.3. The van der Waals surface area contributed by atoms with E-state index in [4.69, 9.17) is 10.5 Å². The smallest absolute Gasteiger partial charge is 0.309 e. The van der Waals surface area contributed by atoms with Crippen LogP contribution in [0.5, 0.6) is 0 Å². The highest BCUT2D eigenvalue weighted by Gasteiger charge is 2.42. The van der Waals surface area contributed by atoms with Crippen LogP contribution in [0.2, 0.25) is 0 Å². The molecule has 0 bridgehead atoms. The van der Waals surface area contributed by atoms with Crippen molar-refractivity contribution in [3.8, 4) is 0 Å². The van der Waals surface area contributed by atoms with Crippen LogP contribution in [-0.4, -0.2) is 56.0 Å². The van der Waals surface area contributed by atoms with Gasteiger partial charge in [-0.15, -0.1) is 11.3 Å². The van der Waals surface area contributed by atoms with Crippen LogP contribution in [0, 0.1) is 23.2 Å². The first-order valence-electron chi connectivity index (χ1n) is 13.8. The number of carbonyl (C=O) groups excluding carboxylic acids is 2. The van der Waals surface area contributed by atoms with Crippen molar-refractivity contribution in [2.75, 3.05) is 0 Å². The zero-order valence-corrected chi connectivity index (χ0v) is 24.9. The number of aromatic nitrogens is 1. The number of cyclic esters (lactones) is 1. The summed E-state index contributed by atoms with van der Waals surface area (Å²) in [6.07, 6.45) is 1.42. The number of ether oxygens (including phenoxy) is 1. The second-order valence-electron chi connectivity index (χ2n) is 12.1. The Kier molecular flexibility index (Phi) is 11.7. The van der Waals surface area contributed by atoms with Gasteiger partial charge in [0.1, 0.15) is 16.9 Å². The number of ketones is 1. The van der Waals surface area contributed by atoms with Crippen LogP contribution in [-0.2, 0) is 20.9 Å². The number of rotatable bonds is 4. The Balaban J connectivity index is 2.42. The van der Waals surface area contributed by atoms with Gasteiger partial charge in [0.25, 0.3) is 0 Å². The van der Waals surface area contributed by atoms with E-state index in [2.05, 4.69) is 4.98 Å². The minimum Gasteiger partial charge on any atom is -0.458 e. The number of nitrogens with zero attached hydrogens (tertiary/aromatic N) is 1. The van der Waals surface area contributed by atoms with E-state index in [0.717, 1.165) is 16.3 Å². The van der Waals surface area contributed by atoms with Gasteiger partial charge in [0, 0.05) is 17.8 Å². The average molecular weight is 553 g/mol. The van der Waals surface area contributed by atoms with Gasteiger partial charge in [-0.1, -0.05) is 48.0 Å². The Hall–Kier alpha value is -1.65. The Morgan fingerprint density at radius 3 is 2.45 bits per heavy atom. The molecule has 1 saturated heterocycles. The molecule has 216 valence electrons. The van der Waals surface area contributed by atoms with Crippen molar-refractivity contribution in [3.63, 3.8) is 0 Å². The first kappa shape index (κ1) is 32.6. The van der Waals surface area contributed by atoms with Crippen molar-refractivity contribution >= 4 is 29.2 Å². The Labute approximate surface area is 231 Å². The van der Waals surface area contributed by atoms with E-state index in [1.807, 2.05) is 32.2 Å². The third-order valence-electron chi connectivity index (χ3n) is 8.03. The molecule has 0 aliphatic carbocycles. The molecule has 8 nitrogen and oxygen atoms in total. The molecule has 1 aromatic rings. The monoisotopic (exact) mass is 552 g/mol. The van der Waals surface area contributed by atoms with Crippen LogP contribution in [0.4, 0.5) is 0 Å². The molecule has 0 spiro atoms. The maximum absolute atomic E-state index is 13.3. The largest absolute Gasteiger partial charge is 0.458 e. The Bertz CT molecular complexity index is 970. The summed E-state index contributed by atoms with van der Waals surface area (Å²) in [7, 11) is 0. The van der Waals surface area contributed by atoms with Gasteiger partial charge >= 0.3 is 5.97 Å². The van der Waals surface area contributed by atoms with Crippen molar-refractivity contribution in [2.45, 2.75) is 117 Å². The summed E-state index contributed by atoms with van der Waals surface area (Å²) in [5.74, 6) is -1.76. The van der Waals surface area contributed by atoms with Crippen LogP contribution in [0.1, 0.15) is 97.7 Å². The van der Waals surface area contributed by atoms with E-state index < -0.39 is 41.2 Å². The quantitative estimate of drug-likeness (QED) is 0.406. The fourth-order valence-corrected chi connectivity index (χ4v) is 5.77. The van der Waals surface area contributed by atoms with Crippen molar-refractivity contribution < 1.29 is 29.6 Å². The molecule has 1 aromatic heterocycles. The van der Waals surface area contributed by atoms with Gasteiger partial charge in [0.05, 0.1) is 35.3 Å². The lowest BCUT2D eigenvalue weighted by Crippen LogP contribution is -2.46. The summed E-state index contributed by atoms with van der Waals surface area (Å²) in [4.78, 5) is 30.9. The molecule has 2 heterocycles. The van der Waals surface area contributed by atoms with E-state index in [0.29, 0.717) is 38.6 Å². The number of esters is 1. The molecule has 9 heteroatoms. The predicted molar refractivity (Wildman–Crippen MR) is 150 cm³/mol. The second kappa shape index (κ2) is 13.6. The number of aliphatic hydroxyl groups is 3. The number of aliphatic hydroxyl groups excluding tert-OH is 2. The van der Waals surface area contributed by atoms with Gasteiger partial charge < -0.3 is 25.8 Å². The third kappa shape index (κ3) is 8.68. The van der Waals surface area contributed by atoms with Gasteiger partial charge in [-0.2, -0.15) is 0 Å². The standard InChI is InChI=1S/C29H48N2O6S/c1-17(2)21(13-20-16-38-24(15-30)31-20)22-10-12-29(7,36)11-8-9-18(3)26(34)19(4)27(35)28(5,6)23(32)14-25(33)37-22/h13,16-19,22-23,26,32,34,36H,8-12,14-15,30H2,1-7H3/b21-13+/t18?,19?,22?,23-,26-,29+/m0/s1. The summed E-state index contributed by atoms with van der Waals surface area (Å²) in [5, 5.41) is 35.6. The van der Waals surface area contributed by atoms with E-state index in [9.17, 15) is 24.9 Å². The SMILES string of the molecule is CC(C)/C(=C\c1csc(CN)n1)C1CC[C@](C)(O)CCCC(C)[C@H](O)C(C)C(=O)C(C)(C)[C@@H](O)CC(=O)O1. The molecule has 6 atom stereocenters. The lowest BCUT2D eigenvalue weighted by molar-refractivity contribution is -0.155. The molecular formula is C29H48N2O6S. The molecule has 0 amide bonds. The molecule has 1 fully saturated rings. The molecule has 0 aromatic carbocycles. The summed E-state index contributed by atoms with van der Waals surface area (Å²) in [5.41, 5.74) is 5.08. The van der Waals surface area contributed by atoms with E-state index in [-0.39, 0.29) is 24.0 Å². The molecule has 1 aliphatic rings. The number of nitrogens with two attached hydrogens (primary N) is 1. The number of hydrogen-bond acceptors (Lipinski definition) is 9. The van der Waals surface area contributed by atoms with Crippen molar-refractivity contribution in [1.29, 1.82) is 0 Å². The minimum atomic E-state index is -1.28. The first-order valence-corrected chi connectivity index (χ1v) is 14.6. The number of Topliss-reactive ketones (excluding diaryl/α,β-unsaturated/α-hetero) is 1. The molecule has 0 radical (unpaired) electrons. The van der Waals surface area contributed by atoms with E-state index in [1.165, 1.54) is 11.3 Å². The van der Waals surface area contributed by atoms with Gasteiger partial charge in [-0.3, -0.25) is 9.59 Å². The molecule has 3 unspecified atom stereocenters. The van der Waals surface area contributed by atoms with Crippen LogP contribution >= 0.6 is 11.3 Å². The predicted octanol–water partition coefficient (Wildman–Crippen LogP) is 4.25. The highest BCUT2D eigenvalue weighted by Crippen LogP contribution is 2.34. The Morgan fingerprint density at radius 1 is 1.21 bits per heavy atom. The normalized spacial score (nSPS) is 32.8. The summed E-state index contributed by atoms with van der Waals surface area (Å²) in [6, 6.07) is 0. The molecule has 1 aliphatic heterocycles. The van der Waals surface area contributed by atoms with Crippen molar-refractivity contribution in [1.82, 2.24) is 4.98 Å². The molecular weight excluding hydrogens is 504 g/mol. The molecule has 38 heavy (non-hydrogen) atoms. The number of thiazole rings is 1. The molecule has 2 rings (SSSR count). The third-order valence-corrected chi connectivity index (χ3v) is 8.92. The highest BCUT2D eigenvalue weighted by atomic mass is 32.1. The number of carbonyl (C=O) groups is 2. The Morgan fingerprint density at radius 2 is 1.87 bits per heavy atom. The zero-order valence-electron chi connectivity index (χ0n) is 24.1. The van der Waals surface area contributed by atoms with Crippen LogP contribution in [0.3, 0.4) is 0 Å². The highest BCUT2D eigenvalue weighted by molar-refractivity contribution is 7.09. The van der Waals surface area contributed by atoms with Crippen molar-refractivity contribution in [3.05, 3.63) is 21.7 Å². The minimum absolute atomic E-state index is 0.0255. The average Bonchev–Trinajstić information content (AvgIpc) is 3.30. The summed E-state index contributed by atoms with van der Waals surface area (Å²) in [6.45, 7) is 12.9. The van der Waals surface area contributed by atoms with E-state index in [1.54, 1.807) is 27.7 Å². The van der Waals surface area contributed by atoms with Gasteiger partial charge in [-0.05, 0) is 56.1 Å². The fraction of sp³-hybridized carbons (Fsp3) is 0.759. The first-order chi connectivity index (χ1) is 17.6.